The fourth-order valence-electron chi connectivity index (χ4n) is 13.4. The highest BCUT2D eigenvalue weighted by Gasteiger charge is 2.70. The number of aromatic carboxylic acids is 1. The maximum atomic E-state index is 14.5. The first-order chi connectivity index (χ1) is 23.7. The fraction of sp³-hybridized carbons (Fsp3) is 0.622. The van der Waals surface area contributed by atoms with Crippen LogP contribution < -0.4 is 5.32 Å². The van der Waals surface area contributed by atoms with Crippen LogP contribution in [0, 0.1) is 50.7 Å². The first-order valence-corrected chi connectivity index (χ1v) is 19.6. The van der Waals surface area contributed by atoms with Gasteiger partial charge in [-0.25, -0.2) is 4.79 Å². The van der Waals surface area contributed by atoms with Gasteiger partial charge in [0.1, 0.15) is 0 Å². The van der Waals surface area contributed by atoms with E-state index in [1.54, 1.807) is 18.2 Å². The van der Waals surface area contributed by atoms with E-state index in [2.05, 4.69) is 63.6 Å². The summed E-state index contributed by atoms with van der Waals surface area (Å²) in [7, 11) is 0. The number of hydrogen-bond donors (Lipinski definition) is 2. The molecule has 5 heteroatoms. The minimum absolute atomic E-state index is 0.00839. The molecule has 2 N–H and O–H groups in total. The topological polar surface area (TPSA) is 79.3 Å². The van der Waals surface area contributed by atoms with Crippen molar-refractivity contribution in [2.75, 3.05) is 0 Å². The summed E-state index contributed by atoms with van der Waals surface area (Å²) in [4.78, 5) is 30.7. The molecule has 8 atom stereocenters. The second kappa shape index (κ2) is 12.2. The van der Waals surface area contributed by atoms with Crippen LogP contribution in [0.25, 0.3) is 5.57 Å². The van der Waals surface area contributed by atoms with Crippen molar-refractivity contribution in [3.63, 3.8) is 0 Å². The van der Waals surface area contributed by atoms with E-state index >= 15 is 0 Å². The van der Waals surface area contributed by atoms with Crippen molar-refractivity contribution in [2.45, 2.75) is 124 Å². The molecule has 6 aliphatic carbocycles. The maximum absolute atomic E-state index is 14.5. The molecule has 0 radical (unpaired) electrons. The number of benzene rings is 1. The van der Waals surface area contributed by atoms with Gasteiger partial charge in [-0.2, -0.15) is 0 Å². The van der Waals surface area contributed by atoms with E-state index in [0.717, 1.165) is 44.2 Å². The number of allylic oxidation sites excluding steroid dienone is 3. The number of rotatable bonds is 5. The van der Waals surface area contributed by atoms with Gasteiger partial charge in [0.05, 0.1) is 22.2 Å². The van der Waals surface area contributed by atoms with Crippen molar-refractivity contribution in [2.24, 2.45) is 50.7 Å². The molecule has 5 fully saturated rings. The van der Waals surface area contributed by atoms with Crippen LogP contribution in [0.5, 0.6) is 0 Å². The molecule has 6 aliphatic rings. The zero-order chi connectivity index (χ0) is 35.7. The van der Waals surface area contributed by atoms with Crippen molar-refractivity contribution in [1.29, 1.82) is 0 Å². The van der Waals surface area contributed by atoms with E-state index < -0.39 is 5.97 Å². The van der Waals surface area contributed by atoms with Gasteiger partial charge >= 0.3 is 5.97 Å². The molecule has 2 aromatic rings. The summed E-state index contributed by atoms with van der Waals surface area (Å²) in [6, 6.07) is 13.7. The van der Waals surface area contributed by atoms with Crippen LogP contribution in [-0.4, -0.2) is 22.0 Å². The number of nitrogens with one attached hydrogen (secondary N) is 1. The standard InChI is InChI=1S/C42H54N2O3.C3H6/c1-37(2)29(27-11-13-28(14-12-27)35(45)46)17-20-38(3)32(37)18-21-40(5)33(38)16-15-30-31-9-8-19-41(31,23-22-39(30,40)4)36(47)44-42(24-25-42)34-10-6-7-26-43-34;1-3-2/h6-7,10-14,17,26,30-33H,8-9,15-16,18-25H2,1-5H3,(H,44,47)(H,45,46);3H,1H2,2H3/t30?,31?,32?,33?,38?,39-,40?,41?;/m1./s1. The minimum Gasteiger partial charge on any atom is -0.478 e. The Balaban J connectivity index is 0.00000126. The van der Waals surface area contributed by atoms with Gasteiger partial charge in [0.2, 0.25) is 5.91 Å². The summed E-state index contributed by atoms with van der Waals surface area (Å²) in [6.45, 7) is 18.1. The highest BCUT2D eigenvalue weighted by molar-refractivity contribution is 5.88. The van der Waals surface area contributed by atoms with E-state index in [0.29, 0.717) is 35.1 Å². The molecule has 1 heterocycles. The lowest BCUT2D eigenvalue weighted by Crippen LogP contribution is -2.66. The Kier molecular flexibility index (Phi) is 8.59. The molecule has 268 valence electrons. The quantitative estimate of drug-likeness (QED) is 0.309. The Bertz CT molecular complexity index is 1670. The smallest absolute Gasteiger partial charge is 0.335 e. The number of carboxylic acid groups (broad SMARTS) is 1. The van der Waals surface area contributed by atoms with Crippen LogP contribution in [0.1, 0.15) is 140 Å². The van der Waals surface area contributed by atoms with Gasteiger partial charge < -0.3 is 10.4 Å². The van der Waals surface area contributed by atoms with Crippen LogP contribution in [0.3, 0.4) is 0 Å². The van der Waals surface area contributed by atoms with Crippen molar-refractivity contribution in [1.82, 2.24) is 10.3 Å². The molecular weight excluding hydrogens is 617 g/mol. The van der Waals surface area contributed by atoms with Crippen molar-refractivity contribution >= 4 is 17.4 Å². The molecule has 7 unspecified atom stereocenters. The Morgan fingerprint density at radius 2 is 1.56 bits per heavy atom. The average molecular weight is 677 g/mol. The second-order valence-electron chi connectivity index (χ2n) is 18.4. The SMILES string of the molecule is C=CC.CC1(C)C(c2ccc(C(=O)O)cc2)=CCC2(C)C1CCC1(C)C2CCC2C3CCCC3(C(=O)NC3(c4ccccn4)CC3)CC[C@]21C. The molecule has 50 heavy (non-hydrogen) atoms. The van der Waals surface area contributed by atoms with Crippen LogP contribution in [0.4, 0.5) is 0 Å². The van der Waals surface area contributed by atoms with Gasteiger partial charge in [-0.15, -0.1) is 6.58 Å². The Morgan fingerprint density at radius 1 is 0.840 bits per heavy atom. The highest BCUT2D eigenvalue weighted by Crippen LogP contribution is 2.77. The van der Waals surface area contributed by atoms with Crippen LogP contribution >= 0.6 is 0 Å². The molecular formula is C45H60N2O3. The van der Waals surface area contributed by atoms with Gasteiger partial charge in [-0.05, 0) is 158 Å². The molecule has 0 spiro atoms. The van der Waals surface area contributed by atoms with E-state index in [1.807, 2.05) is 37.4 Å². The summed E-state index contributed by atoms with van der Waals surface area (Å²) in [5.41, 5.74) is 4.18. The molecule has 0 aliphatic heterocycles. The molecule has 0 saturated heterocycles. The Morgan fingerprint density at radius 3 is 2.20 bits per heavy atom. The van der Waals surface area contributed by atoms with Crippen molar-refractivity contribution < 1.29 is 14.7 Å². The lowest BCUT2D eigenvalue weighted by molar-refractivity contribution is -0.222. The molecule has 1 amide bonds. The lowest BCUT2D eigenvalue weighted by Gasteiger charge is -2.72. The number of carbonyl (C=O) groups excluding carboxylic acids is 1. The van der Waals surface area contributed by atoms with Gasteiger partial charge in [0, 0.05) is 6.20 Å². The number of carbonyl (C=O) groups is 2. The van der Waals surface area contributed by atoms with Gasteiger partial charge in [-0.1, -0.05) is 71.4 Å². The molecule has 5 saturated carbocycles. The van der Waals surface area contributed by atoms with Crippen LogP contribution in [0.15, 0.2) is 67.4 Å². The number of carboxylic acids is 1. The predicted octanol–water partition coefficient (Wildman–Crippen LogP) is 10.6. The monoisotopic (exact) mass is 676 g/mol. The van der Waals surface area contributed by atoms with Crippen molar-refractivity contribution in [3.05, 3.63) is 84.2 Å². The fourth-order valence-corrected chi connectivity index (χ4v) is 13.4. The highest BCUT2D eigenvalue weighted by atomic mass is 16.4. The normalized spacial score (nSPS) is 38.7. The summed E-state index contributed by atoms with van der Waals surface area (Å²) in [6.07, 6.45) is 19.8. The number of aromatic nitrogens is 1. The molecule has 8 rings (SSSR count). The minimum atomic E-state index is -0.869. The van der Waals surface area contributed by atoms with Gasteiger partial charge in [-0.3, -0.25) is 9.78 Å². The summed E-state index contributed by atoms with van der Waals surface area (Å²) < 4.78 is 0. The van der Waals surface area contributed by atoms with Gasteiger partial charge in [0.25, 0.3) is 0 Å². The lowest BCUT2D eigenvalue weighted by atomic mass is 9.32. The van der Waals surface area contributed by atoms with Gasteiger partial charge in [0.15, 0.2) is 0 Å². The molecule has 1 aromatic carbocycles. The number of nitrogens with zero attached hydrogens (tertiary/aromatic N) is 1. The molecule has 0 bridgehead atoms. The number of hydrogen-bond acceptors (Lipinski definition) is 3. The van der Waals surface area contributed by atoms with E-state index in [9.17, 15) is 14.7 Å². The molecule has 5 nitrogen and oxygen atoms in total. The number of pyridine rings is 1. The largest absolute Gasteiger partial charge is 0.478 e. The first-order valence-electron chi connectivity index (χ1n) is 19.6. The predicted molar refractivity (Wildman–Crippen MR) is 201 cm³/mol. The van der Waals surface area contributed by atoms with E-state index in [-0.39, 0.29) is 32.6 Å². The zero-order valence-corrected chi connectivity index (χ0v) is 31.5. The van der Waals surface area contributed by atoms with Crippen molar-refractivity contribution in [3.8, 4) is 0 Å². The van der Waals surface area contributed by atoms with E-state index in [1.165, 1.54) is 49.7 Å². The van der Waals surface area contributed by atoms with Crippen LogP contribution in [-0.2, 0) is 10.3 Å². The summed E-state index contributed by atoms with van der Waals surface area (Å²) in [5, 5.41) is 13.1. The average Bonchev–Trinajstić information content (AvgIpc) is 3.73. The third-order valence-electron chi connectivity index (χ3n) is 16.1. The third-order valence-corrected chi connectivity index (χ3v) is 16.1. The first kappa shape index (κ1) is 35.2. The van der Waals surface area contributed by atoms with E-state index in [4.69, 9.17) is 0 Å². The number of amides is 1. The Hall–Kier alpha value is -3.21. The summed E-state index contributed by atoms with van der Waals surface area (Å²) >= 11 is 0. The zero-order valence-electron chi connectivity index (χ0n) is 31.5. The molecule has 1 aromatic heterocycles. The number of fused-ring (bicyclic) bond motifs is 7. The Labute approximate surface area is 300 Å². The maximum Gasteiger partial charge on any atom is 0.335 e. The third kappa shape index (κ3) is 5.02. The summed E-state index contributed by atoms with van der Waals surface area (Å²) in [5.74, 6) is 1.78. The van der Waals surface area contributed by atoms with Crippen LogP contribution in [0.2, 0.25) is 0 Å². The second-order valence-corrected chi connectivity index (χ2v) is 18.4.